The van der Waals surface area contributed by atoms with Gasteiger partial charge in [0, 0.05) is 11.8 Å². The summed E-state index contributed by atoms with van der Waals surface area (Å²) in [6.45, 7) is 11.4. The molecule has 0 aromatic rings. The van der Waals surface area contributed by atoms with Crippen LogP contribution in [0.25, 0.3) is 0 Å². The standard InChI is InChI=1S/C23H36O3/c1-13-8-10-22(4)15-9-11-23(5)14(6-7-17(23)24)18(15)20-19(16(22)12-13)25-21(2,3)26-20/h13-16,18-20H,6-12H2,1-5H3/t13-,14-,15-,16+,18?,19+,20+,22+,23-/m0/s1. The van der Waals surface area contributed by atoms with Crippen molar-refractivity contribution in [1.29, 1.82) is 0 Å². The van der Waals surface area contributed by atoms with Crippen molar-refractivity contribution in [3.05, 3.63) is 0 Å². The second-order valence-electron chi connectivity index (χ2n) is 11.3. The zero-order valence-electron chi connectivity index (χ0n) is 17.2. The van der Waals surface area contributed by atoms with Crippen LogP contribution in [0.3, 0.4) is 0 Å². The first-order valence-electron chi connectivity index (χ1n) is 11.0. The minimum Gasteiger partial charge on any atom is -0.344 e. The molecule has 26 heavy (non-hydrogen) atoms. The number of carbonyl (C=O) groups is 1. The molecule has 146 valence electrons. The molecular weight excluding hydrogens is 324 g/mol. The Morgan fingerprint density at radius 1 is 0.885 bits per heavy atom. The lowest BCUT2D eigenvalue weighted by atomic mass is 9.43. The lowest BCUT2D eigenvalue weighted by Gasteiger charge is -2.62. The second-order valence-corrected chi connectivity index (χ2v) is 11.3. The molecule has 0 bridgehead atoms. The molecule has 1 aliphatic heterocycles. The van der Waals surface area contributed by atoms with Crippen molar-refractivity contribution in [1.82, 2.24) is 0 Å². The van der Waals surface area contributed by atoms with Crippen molar-refractivity contribution in [2.75, 3.05) is 0 Å². The zero-order valence-corrected chi connectivity index (χ0v) is 17.2. The van der Waals surface area contributed by atoms with E-state index in [9.17, 15) is 4.79 Å². The molecule has 5 aliphatic rings. The van der Waals surface area contributed by atoms with E-state index in [4.69, 9.17) is 9.47 Å². The van der Waals surface area contributed by atoms with E-state index in [2.05, 4.69) is 34.6 Å². The Morgan fingerprint density at radius 2 is 1.62 bits per heavy atom. The molecule has 4 saturated carbocycles. The van der Waals surface area contributed by atoms with Crippen LogP contribution in [0.5, 0.6) is 0 Å². The first-order valence-corrected chi connectivity index (χ1v) is 11.0. The Balaban J connectivity index is 1.59. The predicted octanol–water partition coefficient (Wildman–Crippen LogP) is 4.97. The third-order valence-electron chi connectivity index (χ3n) is 9.51. The number of carbonyl (C=O) groups excluding carboxylic acids is 1. The number of ether oxygens (including phenoxy) is 2. The van der Waals surface area contributed by atoms with Gasteiger partial charge in [-0.05, 0) is 81.0 Å². The topological polar surface area (TPSA) is 35.5 Å². The third kappa shape index (κ3) is 2.16. The number of ketones is 1. The molecule has 0 radical (unpaired) electrons. The predicted molar refractivity (Wildman–Crippen MR) is 100 cm³/mol. The van der Waals surface area contributed by atoms with Gasteiger partial charge >= 0.3 is 0 Å². The van der Waals surface area contributed by atoms with Gasteiger partial charge in [0.1, 0.15) is 5.78 Å². The quantitative estimate of drug-likeness (QED) is 0.611. The highest BCUT2D eigenvalue weighted by Gasteiger charge is 2.68. The SMILES string of the molecule is C[C@H]1CC[C@@]2(C)[C@H](C1)[C@H]1OC(C)(C)O[C@@H]1C1[C@@H]2CC[C@]2(C)C(=O)CC[C@@H]12. The van der Waals surface area contributed by atoms with E-state index >= 15 is 0 Å². The van der Waals surface area contributed by atoms with Crippen molar-refractivity contribution in [2.45, 2.75) is 97.6 Å². The van der Waals surface area contributed by atoms with E-state index in [-0.39, 0.29) is 17.6 Å². The van der Waals surface area contributed by atoms with Crippen LogP contribution in [0.1, 0.15) is 79.6 Å². The van der Waals surface area contributed by atoms with Gasteiger partial charge in [-0.2, -0.15) is 0 Å². The summed E-state index contributed by atoms with van der Waals surface area (Å²) < 4.78 is 13.2. The number of fused-ring (bicyclic) bond motifs is 8. The van der Waals surface area contributed by atoms with Crippen molar-refractivity contribution < 1.29 is 14.3 Å². The molecule has 1 unspecified atom stereocenters. The summed E-state index contributed by atoms with van der Waals surface area (Å²) in [7, 11) is 0. The molecule has 0 amide bonds. The molecule has 0 N–H and O–H groups in total. The van der Waals surface area contributed by atoms with Crippen LogP contribution in [0.4, 0.5) is 0 Å². The van der Waals surface area contributed by atoms with Crippen LogP contribution >= 0.6 is 0 Å². The van der Waals surface area contributed by atoms with Crippen molar-refractivity contribution >= 4 is 5.78 Å². The lowest BCUT2D eigenvalue weighted by molar-refractivity contribution is -0.181. The average Bonchev–Trinajstić information content (AvgIpc) is 3.05. The van der Waals surface area contributed by atoms with Crippen molar-refractivity contribution in [3.63, 3.8) is 0 Å². The van der Waals surface area contributed by atoms with Gasteiger partial charge in [-0.15, -0.1) is 0 Å². The summed E-state index contributed by atoms with van der Waals surface area (Å²) in [5, 5.41) is 0. The number of rotatable bonds is 0. The minimum absolute atomic E-state index is 0.104. The number of hydrogen-bond donors (Lipinski definition) is 0. The second kappa shape index (κ2) is 5.35. The fourth-order valence-electron chi connectivity index (χ4n) is 8.15. The van der Waals surface area contributed by atoms with Crippen LogP contribution in [0.15, 0.2) is 0 Å². The van der Waals surface area contributed by atoms with Gasteiger partial charge in [-0.1, -0.05) is 27.2 Å². The Kier molecular flexibility index (Phi) is 3.63. The molecule has 0 aromatic carbocycles. The molecule has 1 heterocycles. The molecule has 1 saturated heterocycles. The van der Waals surface area contributed by atoms with Crippen LogP contribution < -0.4 is 0 Å². The van der Waals surface area contributed by atoms with Crippen LogP contribution in [0.2, 0.25) is 0 Å². The minimum atomic E-state index is -0.484. The summed E-state index contributed by atoms with van der Waals surface area (Å²) in [5.74, 6) is 3.13. The number of Topliss-reactive ketones (excluding diaryl/α,β-unsaturated/α-hetero) is 1. The van der Waals surface area contributed by atoms with Crippen molar-refractivity contribution in [2.24, 2.45) is 40.4 Å². The maximum atomic E-state index is 12.8. The van der Waals surface area contributed by atoms with E-state index in [1.807, 2.05) is 0 Å². The average molecular weight is 361 g/mol. The highest BCUT2D eigenvalue weighted by atomic mass is 16.8. The van der Waals surface area contributed by atoms with Gasteiger partial charge in [-0.25, -0.2) is 0 Å². The number of hydrogen-bond acceptors (Lipinski definition) is 3. The van der Waals surface area contributed by atoms with E-state index in [1.54, 1.807) is 0 Å². The Morgan fingerprint density at radius 3 is 2.38 bits per heavy atom. The molecule has 5 rings (SSSR count). The maximum Gasteiger partial charge on any atom is 0.163 e. The lowest BCUT2D eigenvalue weighted by Crippen LogP contribution is -2.63. The first-order chi connectivity index (χ1) is 12.2. The molecule has 0 spiro atoms. The Labute approximate surface area is 158 Å². The Bertz CT molecular complexity index is 627. The summed E-state index contributed by atoms with van der Waals surface area (Å²) in [4.78, 5) is 12.8. The van der Waals surface area contributed by atoms with Crippen molar-refractivity contribution in [3.8, 4) is 0 Å². The van der Waals surface area contributed by atoms with Crippen LogP contribution in [-0.2, 0) is 14.3 Å². The molecule has 9 atom stereocenters. The highest BCUT2D eigenvalue weighted by molar-refractivity contribution is 5.87. The summed E-state index contributed by atoms with van der Waals surface area (Å²) >= 11 is 0. The van der Waals surface area contributed by atoms with E-state index in [0.29, 0.717) is 34.9 Å². The largest absolute Gasteiger partial charge is 0.344 e. The first kappa shape index (κ1) is 17.7. The monoisotopic (exact) mass is 360 g/mol. The fourth-order valence-corrected chi connectivity index (χ4v) is 8.15. The van der Waals surface area contributed by atoms with Gasteiger partial charge in [0.05, 0.1) is 12.2 Å². The molecule has 3 heteroatoms. The summed E-state index contributed by atoms with van der Waals surface area (Å²) in [6.07, 6.45) is 8.51. The van der Waals surface area contributed by atoms with Crippen LogP contribution in [0, 0.1) is 40.4 Å². The molecule has 5 fully saturated rings. The molecular formula is C23H36O3. The summed E-state index contributed by atoms with van der Waals surface area (Å²) in [6, 6.07) is 0. The fraction of sp³-hybridized carbons (Fsp3) is 0.957. The molecule has 0 aromatic heterocycles. The normalized spacial score (nSPS) is 57.9. The maximum absolute atomic E-state index is 12.8. The van der Waals surface area contributed by atoms with Gasteiger partial charge in [0.15, 0.2) is 5.79 Å². The molecule has 3 nitrogen and oxygen atoms in total. The third-order valence-corrected chi connectivity index (χ3v) is 9.51. The zero-order chi connectivity index (χ0) is 18.5. The smallest absolute Gasteiger partial charge is 0.163 e. The van der Waals surface area contributed by atoms with Crippen LogP contribution in [-0.4, -0.2) is 23.8 Å². The Hall–Kier alpha value is -0.410. The van der Waals surface area contributed by atoms with Gasteiger partial charge in [0.2, 0.25) is 0 Å². The summed E-state index contributed by atoms with van der Waals surface area (Å²) in [5.41, 5.74) is 0.252. The van der Waals surface area contributed by atoms with E-state index in [1.165, 1.54) is 25.7 Å². The van der Waals surface area contributed by atoms with E-state index < -0.39 is 5.79 Å². The van der Waals surface area contributed by atoms with Gasteiger partial charge in [0.25, 0.3) is 0 Å². The highest BCUT2D eigenvalue weighted by Crippen LogP contribution is 2.68. The van der Waals surface area contributed by atoms with Gasteiger partial charge in [-0.3, -0.25) is 4.79 Å². The molecule has 4 aliphatic carbocycles. The van der Waals surface area contributed by atoms with E-state index in [0.717, 1.165) is 25.2 Å². The van der Waals surface area contributed by atoms with Gasteiger partial charge < -0.3 is 9.47 Å².